The summed E-state index contributed by atoms with van der Waals surface area (Å²) in [6.45, 7) is 1.74. The first kappa shape index (κ1) is 10.5. The minimum atomic E-state index is -0.220. The molecule has 2 aromatic rings. The number of benzene rings is 1. The summed E-state index contributed by atoms with van der Waals surface area (Å²) in [5.41, 5.74) is 2.11. The van der Waals surface area contributed by atoms with Crippen molar-refractivity contribution in [1.82, 2.24) is 9.97 Å². The van der Waals surface area contributed by atoms with Crippen molar-refractivity contribution in [3.8, 4) is 11.3 Å². The number of anilines is 1. The lowest BCUT2D eigenvalue weighted by Crippen LogP contribution is -1.96. The van der Waals surface area contributed by atoms with Crippen LogP contribution < -0.4 is 5.32 Å². The van der Waals surface area contributed by atoms with Gasteiger partial charge in [0.2, 0.25) is 0 Å². The van der Waals surface area contributed by atoms with Crippen molar-refractivity contribution in [1.29, 1.82) is 0 Å². The van der Waals surface area contributed by atoms with Crippen molar-refractivity contribution >= 4 is 5.82 Å². The number of rotatable bonds is 2. The zero-order valence-corrected chi connectivity index (χ0v) is 9.16. The summed E-state index contributed by atoms with van der Waals surface area (Å²) in [7, 11) is 1.78. The maximum Gasteiger partial charge on any atom is 0.129 e. The van der Waals surface area contributed by atoms with Crippen molar-refractivity contribution in [2.24, 2.45) is 0 Å². The van der Waals surface area contributed by atoms with Gasteiger partial charge in [-0.15, -0.1) is 0 Å². The van der Waals surface area contributed by atoms with Gasteiger partial charge < -0.3 is 5.32 Å². The Bertz CT molecular complexity index is 511. The third kappa shape index (κ3) is 1.86. The Hall–Kier alpha value is -1.97. The van der Waals surface area contributed by atoms with Crippen LogP contribution in [0.5, 0.6) is 0 Å². The molecule has 1 aromatic heterocycles. The summed E-state index contributed by atoms with van der Waals surface area (Å²) in [4.78, 5) is 8.16. The van der Waals surface area contributed by atoms with E-state index in [9.17, 15) is 4.39 Å². The van der Waals surface area contributed by atoms with Crippen molar-refractivity contribution in [3.05, 3.63) is 42.0 Å². The van der Waals surface area contributed by atoms with Crippen LogP contribution in [0.2, 0.25) is 0 Å². The highest BCUT2D eigenvalue weighted by molar-refractivity contribution is 5.65. The van der Waals surface area contributed by atoms with Crippen molar-refractivity contribution in [2.45, 2.75) is 6.92 Å². The summed E-state index contributed by atoms with van der Waals surface area (Å²) in [6.07, 6.45) is 1.46. The largest absolute Gasteiger partial charge is 0.373 e. The van der Waals surface area contributed by atoms with E-state index in [0.29, 0.717) is 11.4 Å². The van der Waals surface area contributed by atoms with Crippen LogP contribution in [0.15, 0.2) is 30.6 Å². The highest BCUT2D eigenvalue weighted by Gasteiger charge is 2.07. The molecule has 16 heavy (non-hydrogen) atoms. The van der Waals surface area contributed by atoms with Crippen molar-refractivity contribution in [3.63, 3.8) is 0 Å². The molecular weight excluding hydrogens is 205 g/mol. The average molecular weight is 217 g/mol. The molecule has 0 saturated carbocycles. The number of halogens is 1. The van der Waals surface area contributed by atoms with Crippen molar-refractivity contribution < 1.29 is 4.39 Å². The topological polar surface area (TPSA) is 37.8 Å². The summed E-state index contributed by atoms with van der Waals surface area (Å²) < 4.78 is 13.4. The molecule has 0 radical (unpaired) electrons. The number of nitrogens with one attached hydrogen (secondary N) is 1. The second kappa shape index (κ2) is 4.26. The normalized spacial score (nSPS) is 10.2. The molecule has 0 spiro atoms. The van der Waals surface area contributed by atoms with Gasteiger partial charge >= 0.3 is 0 Å². The lowest BCUT2D eigenvalue weighted by Gasteiger charge is -2.06. The highest BCUT2D eigenvalue weighted by atomic mass is 19.1. The number of hydrogen-bond acceptors (Lipinski definition) is 3. The zero-order valence-electron chi connectivity index (χ0n) is 9.16. The maximum atomic E-state index is 13.4. The van der Waals surface area contributed by atoms with E-state index in [1.165, 1.54) is 12.4 Å². The molecule has 0 saturated heterocycles. The second-order valence-electron chi connectivity index (χ2n) is 3.45. The first-order chi connectivity index (χ1) is 7.72. The minimum absolute atomic E-state index is 0.220. The standard InChI is InChI=1S/C12H12FN3/c1-8-9(4-3-5-10(8)13)11-6-12(14-2)16-7-15-11/h3-7H,1-2H3,(H,14,15,16). The predicted molar refractivity (Wildman–Crippen MR) is 61.7 cm³/mol. The Morgan fingerprint density at radius 3 is 2.81 bits per heavy atom. The van der Waals surface area contributed by atoms with Crippen molar-refractivity contribution in [2.75, 3.05) is 12.4 Å². The van der Waals surface area contributed by atoms with Gasteiger partial charge in [-0.25, -0.2) is 14.4 Å². The SMILES string of the molecule is CNc1cc(-c2cccc(F)c2C)ncn1. The molecule has 3 nitrogen and oxygen atoms in total. The van der Waals surface area contributed by atoms with E-state index >= 15 is 0 Å². The lowest BCUT2D eigenvalue weighted by molar-refractivity contribution is 0.619. The van der Waals surface area contributed by atoms with E-state index < -0.39 is 0 Å². The quantitative estimate of drug-likeness (QED) is 0.840. The summed E-state index contributed by atoms with van der Waals surface area (Å²) in [5.74, 6) is 0.496. The molecule has 0 fully saturated rings. The molecule has 4 heteroatoms. The Morgan fingerprint density at radius 1 is 1.25 bits per heavy atom. The first-order valence-corrected chi connectivity index (χ1v) is 4.97. The molecule has 0 amide bonds. The van der Waals surface area contributed by atoms with Crippen LogP contribution in [0, 0.1) is 12.7 Å². The van der Waals surface area contributed by atoms with Crippen LogP contribution in [0.4, 0.5) is 10.2 Å². The smallest absolute Gasteiger partial charge is 0.129 e. The molecule has 0 unspecified atom stereocenters. The van der Waals surface area contributed by atoms with Crippen LogP contribution in [0.25, 0.3) is 11.3 Å². The molecule has 0 aliphatic carbocycles. The number of nitrogens with zero attached hydrogens (tertiary/aromatic N) is 2. The van der Waals surface area contributed by atoms with Crippen LogP contribution in [0.3, 0.4) is 0 Å². The molecular formula is C12H12FN3. The molecule has 0 bridgehead atoms. The van der Waals surface area contributed by atoms with Gasteiger partial charge in [-0.1, -0.05) is 12.1 Å². The monoisotopic (exact) mass is 217 g/mol. The van der Waals surface area contributed by atoms with Gasteiger partial charge in [-0.2, -0.15) is 0 Å². The fraction of sp³-hybridized carbons (Fsp3) is 0.167. The zero-order chi connectivity index (χ0) is 11.5. The van der Waals surface area contributed by atoms with Gasteiger partial charge in [0.15, 0.2) is 0 Å². The summed E-state index contributed by atoms with van der Waals surface area (Å²) >= 11 is 0. The Morgan fingerprint density at radius 2 is 2.06 bits per heavy atom. The predicted octanol–water partition coefficient (Wildman–Crippen LogP) is 2.63. The number of hydrogen-bond donors (Lipinski definition) is 1. The molecule has 0 aliphatic rings. The van der Waals surface area contributed by atoms with E-state index in [-0.39, 0.29) is 5.82 Å². The fourth-order valence-corrected chi connectivity index (χ4v) is 1.53. The molecule has 1 aromatic carbocycles. The molecule has 82 valence electrons. The lowest BCUT2D eigenvalue weighted by atomic mass is 10.1. The van der Waals surface area contributed by atoms with Gasteiger partial charge in [0.1, 0.15) is 18.0 Å². The van der Waals surface area contributed by atoms with Gasteiger partial charge in [-0.3, -0.25) is 0 Å². The van der Waals surface area contributed by atoms with E-state index in [0.717, 1.165) is 11.3 Å². The molecule has 0 aliphatic heterocycles. The van der Waals surface area contributed by atoms with E-state index in [1.807, 2.05) is 6.07 Å². The van der Waals surface area contributed by atoms with Crippen LogP contribution >= 0.6 is 0 Å². The molecule has 1 N–H and O–H groups in total. The third-order valence-corrected chi connectivity index (χ3v) is 2.47. The minimum Gasteiger partial charge on any atom is -0.373 e. The van der Waals surface area contributed by atoms with E-state index in [4.69, 9.17) is 0 Å². The maximum absolute atomic E-state index is 13.4. The summed E-state index contributed by atoms with van der Waals surface area (Å²) in [6, 6.07) is 6.76. The van der Waals surface area contributed by atoms with E-state index in [1.54, 1.807) is 26.1 Å². The van der Waals surface area contributed by atoms with E-state index in [2.05, 4.69) is 15.3 Å². The van der Waals surface area contributed by atoms with Gasteiger partial charge in [0.05, 0.1) is 5.69 Å². The Kier molecular flexibility index (Phi) is 2.81. The van der Waals surface area contributed by atoms with Crippen LogP contribution in [-0.2, 0) is 0 Å². The number of aromatic nitrogens is 2. The first-order valence-electron chi connectivity index (χ1n) is 4.97. The van der Waals surface area contributed by atoms with Gasteiger partial charge in [0, 0.05) is 18.7 Å². The van der Waals surface area contributed by atoms with Crippen LogP contribution in [0.1, 0.15) is 5.56 Å². The molecule has 2 rings (SSSR count). The average Bonchev–Trinajstić information content (AvgIpc) is 2.33. The second-order valence-corrected chi connectivity index (χ2v) is 3.45. The summed E-state index contributed by atoms with van der Waals surface area (Å²) in [5, 5.41) is 2.93. The van der Waals surface area contributed by atoms with Gasteiger partial charge in [-0.05, 0) is 18.6 Å². The molecule has 0 atom stereocenters. The third-order valence-electron chi connectivity index (χ3n) is 2.47. The van der Waals surface area contributed by atoms with Crippen LogP contribution in [-0.4, -0.2) is 17.0 Å². The Balaban J connectivity index is 2.54. The Labute approximate surface area is 93.4 Å². The molecule has 1 heterocycles. The highest BCUT2D eigenvalue weighted by Crippen LogP contribution is 2.24. The fourth-order valence-electron chi connectivity index (χ4n) is 1.53. The van der Waals surface area contributed by atoms with Gasteiger partial charge in [0.25, 0.3) is 0 Å².